The van der Waals surface area contributed by atoms with Crippen molar-refractivity contribution in [2.45, 2.75) is 25.2 Å². The predicted octanol–water partition coefficient (Wildman–Crippen LogP) is 1.91. The van der Waals surface area contributed by atoms with Crippen LogP contribution in [-0.4, -0.2) is 65.4 Å². The average molecular weight is 391 g/mol. The summed E-state index contributed by atoms with van der Waals surface area (Å²) in [7, 11) is 3.57. The van der Waals surface area contributed by atoms with Gasteiger partial charge in [0.15, 0.2) is 12.0 Å². The summed E-state index contributed by atoms with van der Waals surface area (Å²) in [4.78, 5) is 35.4. The number of amides is 3. The van der Waals surface area contributed by atoms with Crippen LogP contribution in [0.2, 0.25) is 0 Å². The van der Waals surface area contributed by atoms with Crippen LogP contribution in [0.25, 0.3) is 0 Å². The molecule has 2 aromatic rings. The fraction of sp³-hybridized carbons (Fsp3) is 0.318. The Kier molecular flexibility index (Phi) is 5.20. The molecule has 150 valence electrons. The summed E-state index contributed by atoms with van der Waals surface area (Å²) in [5.41, 5.74) is 2.14. The first-order valence-electron chi connectivity index (χ1n) is 9.76. The minimum atomic E-state index is -0.489. The van der Waals surface area contributed by atoms with Crippen molar-refractivity contribution in [3.05, 3.63) is 71.8 Å². The van der Waals surface area contributed by atoms with Gasteiger partial charge >= 0.3 is 6.03 Å². The number of carbonyl (C=O) groups excluding carboxylic acids is 2. The van der Waals surface area contributed by atoms with E-state index in [4.69, 9.17) is 0 Å². The third-order valence-corrected chi connectivity index (χ3v) is 5.48. The number of nitrogens with zero attached hydrogens (tertiary/aromatic N) is 4. The summed E-state index contributed by atoms with van der Waals surface area (Å²) in [5, 5.41) is 3.26. The zero-order valence-corrected chi connectivity index (χ0v) is 16.7. The minimum Gasteiger partial charge on any atom is -0.334 e. The molecule has 2 aliphatic rings. The van der Waals surface area contributed by atoms with E-state index in [0.717, 1.165) is 12.0 Å². The van der Waals surface area contributed by atoms with Gasteiger partial charge < -0.3 is 15.1 Å². The standard InChI is InChI=1S/C22H25N5O2/c1-25-18-19(24-21(25)23-14-13-16-9-5-3-6-10-16)26(2)22(29)27(20(18)28)15-17-11-7-4-8-12-17/h3-12,18-19H,13-15H2,1-2H3,(H,23,24). The van der Waals surface area contributed by atoms with Crippen LogP contribution in [0.4, 0.5) is 4.79 Å². The van der Waals surface area contributed by atoms with Crippen molar-refractivity contribution in [3.8, 4) is 0 Å². The molecule has 0 saturated carbocycles. The number of hydrogen-bond donors (Lipinski definition) is 1. The van der Waals surface area contributed by atoms with E-state index in [0.29, 0.717) is 12.5 Å². The highest BCUT2D eigenvalue weighted by Crippen LogP contribution is 2.25. The SMILES string of the molecule is CN1C(=O)N(Cc2ccccc2)C(=O)C2C1NC(=NCCc1ccccc1)N2C. The van der Waals surface area contributed by atoms with Gasteiger partial charge in [0.2, 0.25) is 0 Å². The molecule has 0 aliphatic carbocycles. The quantitative estimate of drug-likeness (QED) is 0.846. The van der Waals surface area contributed by atoms with Crippen molar-refractivity contribution >= 4 is 17.9 Å². The highest BCUT2D eigenvalue weighted by Gasteiger charge is 2.51. The van der Waals surface area contributed by atoms with Crippen LogP contribution in [0.5, 0.6) is 0 Å². The summed E-state index contributed by atoms with van der Waals surface area (Å²) >= 11 is 0. The molecule has 1 N–H and O–H groups in total. The Labute approximate surface area is 170 Å². The molecular formula is C22H25N5O2. The Morgan fingerprint density at radius 2 is 1.52 bits per heavy atom. The maximum Gasteiger partial charge on any atom is 0.328 e. The number of guanidine groups is 1. The second-order valence-corrected chi connectivity index (χ2v) is 7.39. The highest BCUT2D eigenvalue weighted by atomic mass is 16.2. The maximum absolute atomic E-state index is 13.2. The summed E-state index contributed by atoms with van der Waals surface area (Å²) < 4.78 is 0. The number of nitrogens with one attached hydrogen (secondary N) is 1. The van der Waals surface area contributed by atoms with Gasteiger partial charge in [-0.15, -0.1) is 0 Å². The van der Waals surface area contributed by atoms with E-state index in [9.17, 15) is 9.59 Å². The molecule has 0 radical (unpaired) electrons. The zero-order valence-electron chi connectivity index (χ0n) is 16.7. The molecule has 2 unspecified atom stereocenters. The smallest absolute Gasteiger partial charge is 0.328 e. The molecule has 0 bridgehead atoms. The molecule has 2 aliphatic heterocycles. The number of hydrogen-bond acceptors (Lipinski definition) is 3. The van der Waals surface area contributed by atoms with Crippen LogP contribution in [0.15, 0.2) is 65.7 Å². The molecule has 2 heterocycles. The topological polar surface area (TPSA) is 68.2 Å². The molecule has 0 aromatic heterocycles. The van der Waals surface area contributed by atoms with E-state index in [1.807, 2.05) is 60.5 Å². The Bertz CT molecular complexity index is 915. The van der Waals surface area contributed by atoms with Gasteiger partial charge in [-0.3, -0.25) is 14.7 Å². The van der Waals surface area contributed by atoms with Crippen molar-refractivity contribution < 1.29 is 9.59 Å². The van der Waals surface area contributed by atoms with Gasteiger partial charge in [0, 0.05) is 20.6 Å². The summed E-state index contributed by atoms with van der Waals surface area (Å²) in [6, 6.07) is 18.9. The number of likely N-dealkylation sites (N-methyl/N-ethyl adjacent to an activating group) is 2. The van der Waals surface area contributed by atoms with Gasteiger partial charge in [0.05, 0.1) is 6.54 Å². The summed E-state index contributed by atoms with van der Waals surface area (Å²) in [6.07, 6.45) is 0.403. The number of rotatable bonds is 5. The monoisotopic (exact) mass is 391 g/mol. The molecular weight excluding hydrogens is 366 g/mol. The van der Waals surface area contributed by atoms with Gasteiger partial charge in [-0.25, -0.2) is 4.79 Å². The lowest BCUT2D eigenvalue weighted by Gasteiger charge is -2.40. The Hall–Kier alpha value is -3.35. The first-order valence-corrected chi connectivity index (χ1v) is 9.76. The second kappa shape index (κ2) is 7.95. The molecule has 7 heteroatoms. The third-order valence-electron chi connectivity index (χ3n) is 5.48. The van der Waals surface area contributed by atoms with Gasteiger partial charge in [-0.2, -0.15) is 0 Å². The zero-order chi connectivity index (χ0) is 20.4. The van der Waals surface area contributed by atoms with Crippen LogP contribution in [0.3, 0.4) is 0 Å². The molecule has 29 heavy (non-hydrogen) atoms. The number of fused-ring (bicyclic) bond motifs is 1. The molecule has 2 aromatic carbocycles. The Morgan fingerprint density at radius 3 is 2.17 bits per heavy atom. The van der Waals surface area contributed by atoms with Crippen LogP contribution in [0.1, 0.15) is 11.1 Å². The Morgan fingerprint density at radius 1 is 0.897 bits per heavy atom. The van der Waals surface area contributed by atoms with Crippen LogP contribution in [-0.2, 0) is 17.8 Å². The molecule has 2 fully saturated rings. The highest BCUT2D eigenvalue weighted by molar-refractivity contribution is 6.04. The van der Waals surface area contributed by atoms with E-state index in [2.05, 4.69) is 22.4 Å². The van der Waals surface area contributed by atoms with Crippen molar-refractivity contribution in [2.75, 3.05) is 20.6 Å². The predicted molar refractivity (Wildman–Crippen MR) is 111 cm³/mol. The minimum absolute atomic E-state index is 0.204. The van der Waals surface area contributed by atoms with Crippen molar-refractivity contribution in [2.24, 2.45) is 4.99 Å². The first-order chi connectivity index (χ1) is 14.1. The third kappa shape index (κ3) is 3.68. The summed E-state index contributed by atoms with van der Waals surface area (Å²) in [6.45, 7) is 0.871. The van der Waals surface area contributed by atoms with E-state index < -0.39 is 12.2 Å². The van der Waals surface area contributed by atoms with Crippen LogP contribution >= 0.6 is 0 Å². The lowest BCUT2D eigenvalue weighted by atomic mass is 10.1. The molecule has 0 spiro atoms. The lowest BCUT2D eigenvalue weighted by Crippen LogP contribution is -2.65. The fourth-order valence-electron chi connectivity index (χ4n) is 3.83. The van der Waals surface area contributed by atoms with E-state index in [1.54, 1.807) is 11.9 Å². The summed E-state index contributed by atoms with van der Waals surface area (Å²) in [5.74, 6) is 0.440. The van der Waals surface area contributed by atoms with Gasteiger partial charge in [-0.1, -0.05) is 60.7 Å². The van der Waals surface area contributed by atoms with E-state index in [1.165, 1.54) is 10.5 Å². The number of carbonyl (C=O) groups is 2. The van der Waals surface area contributed by atoms with Crippen molar-refractivity contribution in [1.82, 2.24) is 20.0 Å². The van der Waals surface area contributed by atoms with Gasteiger partial charge in [-0.05, 0) is 17.5 Å². The van der Waals surface area contributed by atoms with E-state index >= 15 is 0 Å². The fourth-order valence-corrected chi connectivity index (χ4v) is 3.83. The first kappa shape index (κ1) is 19.0. The van der Waals surface area contributed by atoms with Crippen LogP contribution in [0, 0.1) is 0 Å². The number of aliphatic imine (C=N–C) groups is 1. The van der Waals surface area contributed by atoms with Crippen molar-refractivity contribution in [1.29, 1.82) is 0 Å². The van der Waals surface area contributed by atoms with Crippen molar-refractivity contribution in [3.63, 3.8) is 0 Å². The molecule has 7 nitrogen and oxygen atoms in total. The van der Waals surface area contributed by atoms with Crippen LogP contribution < -0.4 is 5.32 Å². The van der Waals surface area contributed by atoms with Gasteiger partial charge in [0.25, 0.3) is 5.91 Å². The molecule has 4 rings (SSSR count). The number of benzene rings is 2. The second-order valence-electron chi connectivity index (χ2n) is 7.39. The largest absolute Gasteiger partial charge is 0.334 e. The Balaban J connectivity index is 1.49. The molecule has 2 saturated heterocycles. The normalized spacial score (nSPS) is 22.8. The van der Waals surface area contributed by atoms with E-state index in [-0.39, 0.29) is 18.5 Å². The lowest BCUT2D eigenvalue weighted by molar-refractivity contribution is -0.137. The average Bonchev–Trinajstić information content (AvgIpc) is 3.08. The molecule has 2 atom stereocenters. The number of imide groups is 1. The molecule has 3 amide bonds. The maximum atomic E-state index is 13.2. The number of urea groups is 1. The van der Waals surface area contributed by atoms with Gasteiger partial charge in [0.1, 0.15) is 6.17 Å².